The van der Waals surface area contributed by atoms with E-state index in [1.54, 1.807) is 17.3 Å². The van der Waals surface area contributed by atoms with E-state index >= 15 is 0 Å². The van der Waals surface area contributed by atoms with Crippen LogP contribution in [0.1, 0.15) is 41.1 Å². The second kappa shape index (κ2) is 10.8. The van der Waals surface area contributed by atoms with Gasteiger partial charge in [-0.25, -0.2) is 4.39 Å². The first-order valence-corrected chi connectivity index (χ1v) is 13.5. The molecule has 1 atom stereocenters. The number of carbonyl (C=O) groups excluding carboxylic acids is 1. The fourth-order valence-corrected chi connectivity index (χ4v) is 5.46. The van der Waals surface area contributed by atoms with Crippen molar-refractivity contribution < 1.29 is 9.18 Å². The maximum absolute atomic E-state index is 14.5. The molecule has 0 saturated heterocycles. The van der Waals surface area contributed by atoms with E-state index in [9.17, 15) is 9.18 Å². The predicted molar refractivity (Wildman–Crippen MR) is 160 cm³/mol. The Bertz CT molecular complexity index is 1630. The zero-order chi connectivity index (χ0) is 27.6. The number of hydrazone groups is 1. The van der Waals surface area contributed by atoms with Gasteiger partial charge in [-0.15, -0.1) is 0 Å². The Labute approximate surface area is 234 Å². The van der Waals surface area contributed by atoms with Crippen LogP contribution in [0.2, 0.25) is 0 Å². The summed E-state index contributed by atoms with van der Waals surface area (Å²) in [5.74, 6) is -0.138. The van der Waals surface area contributed by atoms with Gasteiger partial charge >= 0.3 is 0 Å². The molecule has 0 radical (unpaired) electrons. The molecule has 5 heteroatoms. The lowest BCUT2D eigenvalue weighted by atomic mass is 9.89. The first kappa shape index (κ1) is 25.5. The van der Waals surface area contributed by atoms with Gasteiger partial charge in [-0.1, -0.05) is 79.9 Å². The lowest BCUT2D eigenvalue weighted by Crippen LogP contribution is -2.32. The Morgan fingerprint density at radius 2 is 1.75 bits per heavy atom. The first-order valence-electron chi connectivity index (χ1n) is 13.5. The van der Waals surface area contributed by atoms with Crippen molar-refractivity contribution in [2.24, 2.45) is 11.0 Å². The maximum Gasteiger partial charge on any atom is 0.252 e. The highest BCUT2D eigenvalue weighted by Gasteiger charge is 2.36. The highest BCUT2D eigenvalue weighted by molar-refractivity contribution is 6.25. The Morgan fingerprint density at radius 1 is 1.00 bits per heavy atom. The molecule has 0 spiro atoms. The van der Waals surface area contributed by atoms with Crippen LogP contribution in [0, 0.1) is 11.7 Å². The molecular weight excluding hydrogens is 497 g/mol. The maximum atomic E-state index is 14.5. The van der Waals surface area contributed by atoms with E-state index in [0.717, 1.165) is 46.3 Å². The van der Waals surface area contributed by atoms with Crippen molar-refractivity contribution in [3.63, 3.8) is 0 Å². The third kappa shape index (κ3) is 5.10. The van der Waals surface area contributed by atoms with Gasteiger partial charge in [0, 0.05) is 6.21 Å². The number of amides is 1. The number of nitrogens with one attached hydrogen (secondary N) is 1. The van der Waals surface area contributed by atoms with Crippen LogP contribution in [-0.2, 0) is 4.79 Å². The number of benzene rings is 3. The van der Waals surface area contributed by atoms with Crippen molar-refractivity contribution >= 4 is 28.8 Å². The second-order valence-electron chi connectivity index (χ2n) is 10.4. The number of halogens is 1. The Hall–Kier alpha value is -4.77. The zero-order valence-electron chi connectivity index (χ0n) is 22.2. The number of rotatable bonds is 7. The van der Waals surface area contributed by atoms with E-state index in [4.69, 9.17) is 0 Å². The largest absolute Gasteiger partial charge is 0.345 e. The van der Waals surface area contributed by atoms with Gasteiger partial charge in [0.15, 0.2) is 0 Å². The molecule has 2 aliphatic carbocycles. The quantitative estimate of drug-likeness (QED) is 0.350. The molecule has 1 N–H and O–H groups in total. The number of nitrogens with zero attached hydrogens (tertiary/aromatic N) is 2. The highest BCUT2D eigenvalue weighted by atomic mass is 19.1. The van der Waals surface area contributed by atoms with Crippen LogP contribution in [0.3, 0.4) is 0 Å². The van der Waals surface area contributed by atoms with E-state index in [0.29, 0.717) is 22.8 Å². The highest BCUT2D eigenvalue weighted by Crippen LogP contribution is 2.43. The van der Waals surface area contributed by atoms with Crippen molar-refractivity contribution in [2.45, 2.75) is 18.9 Å². The molecule has 1 aliphatic heterocycles. The van der Waals surface area contributed by atoms with Crippen LogP contribution in [0.25, 0.3) is 16.7 Å². The Morgan fingerprint density at radius 3 is 2.48 bits per heavy atom. The predicted octanol–water partition coefficient (Wildman–Crippen LogP) is 7.33. The van der Waals surface area contributed by atoms with Gasteiger partial charge in [-0.05, 0) is 88.1 Å². The first-order chi connectivity index (χ1) is 19.5. The van der Waals surface area contributed by atoms with Gasteiger partial charge in [0.25, 0.3) is 5.91 Å². The van der Waals surface area contributed by atoms with Crippen molar-refractivity contribution in [3.05, 3.63) is 150 Å². The summed E-state index contributed by atoms with van der Waals surface area (Å²) in [6, 6.07) is 24.3. The van der Waals surface area contributed by atoms with Gasteiger partial charge in [0.2, 0.25) is 0 Å². The molecule has 198 valence electrons. The van der Waals surface area contributed by atoms with E-state index < -0.39 is 0 Å². The summed E-state index contributed by atoms with van der Waals surface area (Å²) in [6.07, 6.45) is 9.49. The average molecular weight is 528 g/mol. The van der Waals surface area contributed by atoms with Crippen LogP contribution in [0.4, 0.5) is 4.39 Å². The van der Waals surface area contributed by atoms with E-state index in [1.165, 1.54) is 12.1 Å². The van der Waals surface area contributed by atoms with Crippen LogP contribution in [0.15, 0.2) is 127 Å². The van der Waals surface area contributed by atoms with Gasteiger partial charge < -0.3 is 5.32 Å². The number of carbonyl (C=O) groups is 1. The second-order valence-corrected chi connectivity index (χ2v) is 10.4. The topological polar surface area (TPSA) is 44.7 Å². The minimum Gasteiger partial charge on any atom is -0.345 e. The van der Waals surface area contributed by atoms with E-state index in [2.05, 4.69) is 35.7 Å². The molecule has 1 unspecified atom stereocenters. The summed E-state index contributed by atoms with van der Waals surface area (Å²) >= 11 is 0. The van der Waals surface area contributed by atoms with Crippen LogP contribution in [0.5, 0.6) is 0 Å². The van der Waals surface area contributed by atoms with Crippen molar-refractivity contribution in [2.75, 3.05) is 6.54 Å². The minimum absolute atomic E-state index is 0.103. The van der Waals surface area contributed by atoms with Crippen molar-refractivity contribution in [1.29, 1.82) is 0 Å². The van der Waals surface area contributed by atoms with Gasteiger partial charge in [0.05, 0.1) is 23.9 Å². The third-order valence-corrected chi connectivity index (χ3v) is 7.61. The number of hydrogen-bond acceptors (Lipinski definition) is 3. The molecule has 0 bridgehead atoms. The lowest BCUT2D eigenvalue weighted by Gasteiger charge is -2.27. The average Bonchev–Trinajstić information content (AvgIpc) is 3.82. The lowest BCUT2D eigenvalue weighted by molar-refractivity contribution is -0.116. The minimum atomic E-state index is -0.350. The summed E-state index contributed by atoms with van der Waals surface area (Å²) in [5, 5.41) is 9.68. The molecule has 6 rings (SSSR count). The summed E-state index contributed by atoms with van der Waals surface area (Å²) in [6.45, 7) is 8.77. The van der Waals surface area contributed by atoms with E-state index in [-0.39, 0.29) is 24.3 Å². The zero-order valence-corrected chi connectivity index (χ0v) is 22.2. The van der Waals surface area contributed by atoms with Crippen LogP contribution < -0.4 is 5.32 Å². The van der Waals surface area contributed by atoms with Crippen LogP contribution in [-0.4, -0.2) is 23.7 Å². The van der Waals surface area contributed by atoms with Crippen LogP contribution >= 0.6 is 0 Å². The summed E-state index contributed by atoms with van der Waals surface area (Å²) < 4.78 is 14.5. The molecule has 0 aromatic heterocycles. The summed E-state index contributed by atoms with van der Waals surface area (Å²) in [5.41, 5.74) is 6.83. The molecule has 3 aromatic rings. The summed E-state index contributed by atoms with van der Waals surface area (Å²) in [4.78, 5) is 14.5. The molecule has 3 aromatic carbocycles. The third-order valence-electron chi connectivity index (χ3n) is 7.61. The van der Waals surface area contributed by atoms with Gasteiger partial charge in [0.1, 0.15) is 5.82 Å². The normalized spacial score (nSPS) is 17.3. The van der Waals surface area contributed by atoms with E-state index in [1.807, 2.05) is 66.8 Å². The molecule has 40 heavy (non-hydrogen) atoms. The van der Waals surface area contributed by atoms with Gasteiger partial charge in [-0.3, -0.25) is 9.80 Å². The number of hydrogen-bond donors (Lipinski definition) is 1. The SMILES string of the molecule is C=C1C=C(c2cccc(F)c2)C(CN2N=CC=CC2=C)=C(C(=O)NC(c2ccccc2)C2CC2)c2ccccc21. The molecular formula is C35H30FN3O. The monoisotopic (exact) mass is 527 g/mol. The Balaban J connectivity index is 1.54. The van der Waals surface area contributed by atoms with Crippen molar-refractivity contribution in [3.8, 4) is 0 Å². The van der Waals surface area contributed by atoms with Crippen molar-refractivity contribution in [1.82, 2.24) is 10.3 Å². The fourth-order valence-electron chi connectivity index (χ4n) is 5.46. The van der Waals surface area contributed by atoms with Gasteiger partial charge in [-0.2, -0.15) is 5.10 Å². The molecule has 1 saturated carbocycles. The molecule has 4 nitrogen and oxygen atoms in total. The smallest absolute Gasteiger partial charge is 0.252 e. The standard InChI is InChI=1S/C35H30FN3O/c1-23-20-31(27-13-8-14-28(36)21-27)32(22-39-24(2)10-9-19-37-39)33(30-16-7-6-15-29(23)30)35(40)38-34(26-17-18-26)25-11-4-3-5-12-25/h3-16,19-21,26,34H,1-2,17-18,22H2,(H,38,40). The number of fused-ring (bicyclic) bond motifs is 1. The summed E-state index contributed by atoms with van der Waals surface area (Å²) in [7, 11) is 0. The Kier molecular flexibility index (Phi) is 6.87. The fraction of sp³-hybridized carbons (Fsp3) is 0.143. The molecule has 3 aliphatic rings. The molecule has 1 fully saturated rings. The molecule has 1 heterocycles. The molecule has 1 amide bonds. The number of allylic oxidation sites excluding steroid dienone is 4.